The number of ether oxygens (including phenoxy) is 1. The number of rotatable bonds is 3. The number of anilines is 1. The molecule has 15 heavy (non-hydrogen) atoms. The molecular formula is C11H14N2O2. The van der Waals surface area contributed by atoms with E-state index in [0.717, 1.165) is 12.1 Å². The Hall–Kier alpha value is -1.58. The fourth-order valence-electron chi connectivity index (χ4n) is 1.70. The third kappa shape index (κ3) is 2.09. The number of hydrogen-bond acceptors (Lipinski definition) is 4. The highest BCUT2D eigenvalue weighted by atomic mass is 16.5. The van der Waals surface area contributed by atoms with Crippen molar-refractivity contribution in [2.45, 2.75) is 19.3 Å². The molecule has 1 aromatic rings. The van der Waals surface area contributed by atoms with Crippen molar-refractivity contribution in [3.63, 3.8) is 0 Å². The topological polar surface area (TPSA) is 65.2 Å². The Morgan fingerprint density at radius 1 is 1.73 bits per heavy atom. The van der Waals surface area contributed by atoms with E-state index in [2.05, 4.69) is 4.98 Å². The van der Waals surface area contributed by atoms with Crippen LogP contribution in [0.5, 0.6) is 0 Å². The van der Waals surface area contributed by atoms with E-state index >= 15 is 0 Å². The van der Waals surface area contributed by atoms with Crippen molar-refractivity contribution in [3.8, 4) is 0 Å². The SMILES string of the molecule is CCOC(=O)C1CC1c1cc(N)ccn1. The summed E-state index contributed by atoms with van der Waals surface area (Å²) in [7, 11) is 0. The second-order valence-electron chi connectivity index (χ2n) is 3.71. The normalized spacial score (nSPS) is 23.5. The number of nitrogens with two attached hydrogens (primary N) is 1. The number of esters is 1. The van der Waals surface area contributed by atoms with E-state index in [1.165, 1.54) is 0 Å². The number of nitrogens with zero attached hydrogens (tertiary/aromatic N) is 1. The number of aromatic nitrogens is 1. The van der Waals surface area contributed by atoms with E-state index in [1.54, 1.807) is 12.3 Å². The quantitative estimate of drug-likeness (QED) is 0.758. The lowest BCUT2D eigenvalue weighted by Gasteiger charge is -2.01. The summed E-state index contributed by atoms with van der Waals surface area (Å²) in [6.07, 6.45) is 2.50. The maximum absolute atomic E-state index is 11.4. The molecule has 0 spiro atoms. The zero-order chi connectivity index (χ0) is 10.8. The van der Waals surface area contributed by atoms with Gasteiger partial charge < -0.3 is 10.5 Å². The maximum Gasteiger partial charge on any atom is 0.309 e. The van der Waals surface area contributed by atoms with Crippen molar-refractivity contribution in [2.24, 2.45) is 5.92 Å². The molecule has 2 rings (SSSR count). The zero-order valence-electron chi connectivity index (χ0n) is 8.64. The van der Waals surface area contributed by atoms with Crippen LogP contribution in [0.25, 0.3) is 0 Å². The van der Waals surface area contributed by atoms with Crippen LogP contribution in [-0.2, 0) is 9.53 Å². The molecule has 1 aliphatic rings. The molecule has 1 fully saturated rings. The average Bonchev–Trinajstić information content (AvgIpc) is 2.97. The van der Waals surface area contributed by atoms with Gasteiger partial charge in [0.15, 0.2) is 0 Å². The molecule has 1 heterocycles. The van der Waals surface area contributed by atoms with Gasteiger partial charge in [0.2, 0.25) is 0 Å². The number of nitrogen functional groups attached to an aromatic ring is 1. The van der Waals surface area contributed by atoms with Crippen LogP contribution in [0.15, 0.2) is 18.3 Å². The molecule has 1 aromatic heterocycles. The molecular weight excluding hydrogens is 192 g/mol. The summed E-state index contributed by atoms with van der Waals surface area (Å²) < 4.78 is 4.95. The summed E-state index contributed by atoms with van der Waals surface area (Å²) in [6, 6.07) is 3.56. The highest BCUT2D eigenvalue weighted by Crippen LogP contribution is 2.47. The molecule has 4 heteroatoms. The van der Waals surface area contributed by atoms with Gasteiger partial charge in [0.25, 0.3) is 0 Å². The first-order valence-corrected chi connectivity index (χ1v) is 5.10. The van der Waals surface area contributed by atoms with Crippen LogP contribution in [0, 0.1) is 5.92 Å². The monoisotopic (exact) mass is 206 g/mol. The van der Waals surface area contributed by atoms with Crippen molar-refractivity contribution in [2.75, 3.05) is 12.3 Å². The molecule has 1 aliphatic carbocycles. The van der Waals surface area contributed by atoms with Gasteiger partial charge in [-0.2, -0.15) is 0 Å². The van der Waals surface area contributed by atoms with E-state index in [0.29, 0.717) is 12.3 Å². The van der Waals surface area contributed by atoms with Gasteiger partial charge in [0, 0.05) is 23.5 Å². The Bertz CT molecular complexity index is 379. The van der Waals surface area contributed by atoms with E-state index in [9.17, 15) is 4.79 Å². The van der Waals surface area contributed by atoms with Crippen LogP contribution in [0.3, 0.4) is 0 Å². The van der Waals surface area contributed by atoms with Gasteiger partial charge in [-0.25, -0.2) is 0 Å². The van der Waals surface area contributed by atoms with Crippen molar-refractivity contribution in [1.82, 2.24) is 4.98 Å². The predicted molar refractivity (Wildman–Crippen MR) is 56.1 cm³/mol. The maximum atomic E-state index is 11.4. The van der Waals surface area contributed by atoms with Gasteiger partial charge in [-0.1, -0.05) is 0 Å². The molecule has 0 bridgehead atoms. The number of pyridine rings is 1. The van der Waals surface area contributed by atoms with Crippen LogP contribution < -0.4 is 5.73 Å². The molecule has 80 valence electrons. The van der Waals surface area contributed by atoms with Gasteiger partial charge in [0.05, 0.1) is 12.5 Å². The van der Waals surface area contributed by atoms with Crippen LogP contribution in [0.2, 0.25) is 0 Å². The van der Waals surface area contributed by atoms with Crippen LogP contribution >= 0.6 is 0 Å². The first kappa shape index (κ1) is 9.96. The number of carbonyl (C=O) groups excluding carboxylic acids is 1. The minimum atomic E-state index is -0.119. The zero-order valence-corrected chi connectivity index (χ0v) is 8.64. The minimum absolute atomic E-state index is 0.0146. The highest BCUT2D eigenvalue weighted by Gasteiger charge is 2.46. The molecule has 1 saturated carbocycles. The molecule has 2 N–H and O–H groups in total. The molecule has 0 aliphatic heterocycles. The lowest BCUT2D eigenvalue weighted by atomic mass is 10.2. The largest absolute Gasteiger partial charge is 0.466 e. The third-order valence-corrected chi connectivity index (χ3v) is 2.56. The highest BCUT2D eigenvalue weighted by molar-refractivity contribution is 5.77. The second-order valence-corrected chi connectivity index (χ2v) is 3.71. The van der Waals surface area contributed by atoms with Crippen molar-refractivity contribution < 1.29 is 9.53 Å². The van der Waals surface area contributed by atoms with E-state index < -0.39 is 0 Å². The van der Waals surface area contributed by atoms with Crippen molar-refractivity contribution in [1.29, 1.82) is 0 Å². The van der Waals surface area contributed by atoms with Gasteiger partial charge in [-0.3, -0.25) is 9.78 Å². The Balaban J connectivity index is 2.01. The lowest BCUT2D eigenvalue weighted by Crippen LogP contribution is -2.07. The van der Waals surface area contributed by atoms with E-state index in [1.807, 2.05) is 13.0 Å². The molecule has 2 atom stereocenters. The smallest absolute Gasteiger partial charge is 0.309 e. The Kier molecular flexibility index (Phi) is 2.58. The summed E-state index contributed by atoms with van der Waals surface area (Å²) in [5.41, 5.74) is 7.23. The Morgan fingerprint density at radius 2 is 2.53 bits per heavy atom. The Labute approximate surface area is 88.4 Å². The third-order valence-electron chi connectivity index (χ3n) is 2.56. The van der Waals surface area contributed by atoms with Crippen LogP contribution in [0.4, 0.5) is 5.69 Å². The summed E-state index contributed by atoms with van der Waals surface area (Å²) in [5, 5.41) is 0. The van der Waals surface area contributed by atoms with Crippen LogP contribution in [0.1, 0.15) is 25.0 Å². The number of carbonyl (C=O) groups is 1. The summed E-state index contributed by atoms with van der Waals surface area (Å²) in [4.78, 5) is 15.6. The predicted octanol–water partition coefficient (Wildman–Crippen LogP) is 1.33. The van der Waals surface area contributed by atoms with Crippen molar-refractivity contribution in [3.05, 3.63) is 24.0 Å². The van der Waals surface area contributed by atoms with Gasteiger partial charge in [-0.05, 0) is 25.5 Å². The lowest BCUT2D eigenvalue weighted by molar-refractivity contribution is -0.144. The fraction of sp³-hybridized carbons (Fsp3) is 0.455. The summed E-state index contributed by atoms with van der Waals surface area (Å²) >= 11 is 0. The van der Waals surface area contributed by atoms with E-state index in [4.69, 9.17) is 10.5 Å². The van der Waals surface area contributed by atoms with Crippen LogP contribution in [-0.4, -0.2) is 17.6 Å². The first-order chi connectivity index (χ1) is 7.22. The van der Waals surface area contributed by atoms with E-state index in [-0.39, 0.29) is 17.8 Å². The molecule has 0 aromatic carbocycles. The molecule has 4 nitrogen and oxygen atoms in total. The Morgan fingerprint density at radius 3 is 3.20 bits per heavy atom. The average molecular weight is 206 g/mol. The minimum Gasteiger partial charge on any atom is -0.466 e. The van der Waals surface area contributed by atoms with Crippen molar-refractivity contribution >= 4 is 11.7 Å². The fourth-order valence-corrected chi connectivity index (χ4v) is 1.70. The van der Waals surface area contributed by atoms with Gasteiger partial charge in [0.1, 0.15) is 0 Å². The molecule has 0 amide bonds. The first-order valence-electron chi connectivity index (χ1n) is 5.10. The molecule has 0 saturated heterocycles. The summed E-state index contributed by atoms with van der Waals surface area (Å²) in [6.45, 7) is 2.25. The second kappa shape index (κ2) is 3.88. The van der Waals surface area contributed by atoms with Gasteiger partial charge >= 0.3 is 5.97 Å². The molecule has 0 radical (unpaired) electrons. The summed E-state index contributed by atoms with van der Waals surface area (Å²) in [5.74, 6) is 0.0681. The number of hydrogen-bond donors (Lipinski definition) is 1. The standard InChI is InChI=1S/C11H14N2O2/c1-2-15-11(14)9-6-8(9)10-5-7(12)3-4-13-10/h3-5,8-9H,2,6H2,1H3,(H2,12,13). The van der Waals surface area contributed by atoms with Gasteiger partial charge in [-0.15, -0.1) is 0 Å². The molecule has 2 unspecified atom stereocenters.